The van der Waals surface area contributed by atoms with Crippen LogP contribution < -0.4 is 0 Å². The summed E-state index contributed by atoms with van der Waals surface area (Å²) >= 11 is 0. The van der Waals surface area contributed by atoms with Crippen LogP contribution in [0.1, 0.15) is 39.5 Å². The molecule has 28 heavy (non-hydrogen) atoms. The highest BCUT2D eigenvalue weighted by Gasteiger charge is 2.79. The number of esters is 1. The number of hydrogen-bond donors (Lipinski definition) is 2. The number of aliphatic hydroxyl groups excluding tert-OH is 2. The molecule has 0 unspecified atom stereocenters. The number of methoxy groups -OCH3 is 1. The van der Waals surface area contributed by atoms with Crippen LogP contribution in [0, 0.1) is 39.9 Å². The highest BCUT2D eigenvalue weighted by Crippen LogP contribution is 2.71. The fourth-order valence-corrected chi connectivity index (χ4v) is 7.92. The number of ketones is 1. The SMILES string of the molecule is COC[C@H]1C(=O)[C@]23C[C@H]1C[C@H](O)[C@H]2[C@@]12CO[C@@H](O)[C@@H]1C(C)(C)CC[C@@H]2OC3=O. The van der Waals surface area contributed by atoms with E-state index in [0.717, 1.165) is 6.42 Å². The van der Waals surface area contributed by atoms with E-state index in [1.807, 2.05) is 0 Å². The van der Waals surface area contributed by atoms with Crippen molar-refractivity contribution in [3.63, 3.8) is 0 Å². The zero-order chi connectivity index (χ0) is 20.1. The van der Waals surface area contributed by atoms with Crippen LogP contribution in [-0.4, -0.2) is 60.8 Å². The molecule has 5 fully saturated rings. The van der Waals surface area contributed by atoms with Crippen LogP contribution in [0.2, 0.25) is 0 Å². The lowest BCUT2D eigenvalue weighted by Gasteiger charge is -2.62. The van der Waals surface area contributed by atoms with E-state index in [1.165, 1.54) is 0 Å². The van der Waals surface area contributed by atoms with Crippen LogP contribution in [-0.2, 0) is 23.8 Å². The monoisotopic (exact) mass is 394 g/mol. The molecule has 3 aliphatic carbocycles. The van der Waals surface area contributed by atoms with Crippen molar-refractivity contribution in [1.82, 2.24) is 0 Å². The normalized spacial score (nSPS) is 54.0. The fraction of sp³-hybridized carbons (Fsp3) is 0.905. The maximum absolute atomic E-state index is 13.6. The van der Waals surface area contributed by atoms with Gasteiger partial charge in [-0.1, -0.05) is 13.8 Å². The van der Waals surface area contributed by atoms with Gasteiger partial charge in [-0.05, 0) is 37.0 Å². The molecule has 0 aromatic carbocycles. The molecule has 2 bridgehead atoms. The fourth-order valence-electron chi connectivity index (χ4n) is 7.92. The predicted molar refractivity (Wildman–Crippen MR) is 95.8 cm³/mol. The molecular weight excluding hydrogens is 364 g/mol. The number of Topliss-reactive ketones (excluding diaryl/α,β-unsaturated/α-hetero) is 1. The third-order valence-electron chi connectivity index (χ3n) is 8.79. The second kappa shape index (κ2) is 5.78. The Labute approximate surface area is 164 Å². The van der Waals surface area contributed by atoms with Crippen molar-refractivity contribution in [3.8, 4) is 0 Å². The number of carbonyl (C=O) groups excluding carboxylic acids is 2. The summed E-state index contributed by atoms with van der Waals surface area (Å²) in [5.74, 6) is -2.00. The molecule has 0 amide bonds. The number of aliphatic hydroxyl groups is 2. The first-order valence-corrected chi connectivity index (χ1v) is 10.4. The van der Waals surface area contributed by atoms with E-state index >= 15 is 0 Å². The number of ether oxygens (including phenoxy) is 3. The maximum atomic E-state index is 13.6. The molecule has 2 heterocycles. The first kappa shape index (κ1) is 19.0. The highest BCUT2D eigenvalue weighted by atomic mass is 16.6. The molecule has 2 spiro atoms. The summed E-state index contributed by atoms with van der Waals surface area (Å²) in [5, 5.41) is 22.1. The van der Waals surface area contributed by atoms with Gasteiger partial charge in [-0.2, -0.15) is 0 Å². The summed E-state index contributed by atoms with van der Waals surface area (Å²) < 4.78 is 17.0. The largest absolute Gasteiger partial charge is 0.461 e. The molecule has 3 saturated carbocycles. The Hall–Kier alpha value is -1.02. The Balaban J connectivity index is 1.69. The minimum Gasteiger partial charge on any atom is -0.461 e. The van der Waals surface area contributed by atoms with E-state index in [9.17, 15) is 19.8 Å². The Morgan fingerprint density at radius 2 is 1.96 bits per heavy atom. The maximum Gasteiger partial charge on any atom is 0.320 e. The van der Waals surface area contributed by atoms with E-state index in [-0.39, 0.29) is 36.2 Å². The van der Waals surface area contributed by atoms with Crippen LogP contribution in [0.4, 0.5) is 0 Å². The van der Waals surface area contributed by atoms with Crippen LogP contribution in [0.5, 0.6) is 0 Å². The topological polar surface area (TPSA) is 102 Å². The quantitative estimate of drug-likeness (QED) is 0.530. The van der Waals surface area contributed by atoms with E-state index in [2.05, 4.69) is 13.8 Å². The molecule has 0 aromatic heterocycles. The van der Waals surface area contributed by atoms with Gasteiger partial charge in [0, 0.05) is 30.3 Å². The minimum atomic E-state index is -1.35. The minimum absolute atomic E-state index is 0.0819. The van der Waals surface area contributed by atoms with Gasteiger partial charge in [0.1, 0.15) is 11.5 Å². The molecule has 0 radical (unpaired) electrons. The lowest BCUT2D eigenvalue weighted by atomic mass is 9.43. The number of hydrogen-bond acceptors (Lipinski definition) is 7. The van der Waals surface area contributed by atoms with E-state index in [0.29, 0.717) is 19.3 Å². The molecule has 5 rings (SSSR count). The average Bonchev–Trinajstić information content (AvgIpc) is 3.08. The first-order chi connectivity index (χ1) is 13.2. The van der Waals surface area contributed by atoms with Gasteiger partial charge in [0.2, 0.25) is 0 Å². The van der Waals surface area contributed by atoms with Gasteiger partial charge in [-0.3, -0.25) is 9.59 Å². The smallest absolute Gasteiger partial charge is 0.320 e. The lowest BCUT2D eigenvalue weighted by molar-refractivity contribution is -0.251. The highest BCUT2D eigenvalue weighted by molar-refractivity contribution is 6.08. The van der Waals surface area contributed by atoms with Crippen molar-refractivity contribution < 1.29 is 34.0 Å². The number of carbonyl (C=O) groups is 2. The summed E-state index contributed by atoms with van der Waals surface area (Å²) in [6.07, 6.45) is 0.0922. The number of fused-ring (bicyclic) bond motifs is 1. The molecule has 5 aliphatic rings. The molecule has 7 nitrogen and oxygen atoms in total. The van der Waals surface area contributed by atoms with Crippen molar-refractivity contribution in [1.29, 1.82) is 0 Å². The van der Waals surface area contributed by atoms with Crippen LogP contribution in [0.3, 0.4) is 0 Å². The summed E-state index contributed by atoms with van der Waals surface area (Å²) in [6, 6.07) is 0. The van der Waals surface area contributed by atoms with Gasteiger partial charge in [0.05, 0.1) is 19.3 Å². The van der Waals surface area contributed by atoms with E-state index < -0.39 is 47.1 Å². The van der Waals surface area contributed by atoms with Crippen molar-refractivity contribution in [2.24, 2.45) is 39.9 Å². The van der Waals surface area contributed by atoms with Crippen molar-refractivity contribution >= 4 is 11.8 Å². The Morgan fingerprint density at radius 1 is 1.21 bits per heavy atom. The molecule has 0 aromatic rings. The van der Waals surface area contributed by atoms with Crippen molar-refractivity contribution in [2.75, 3.05) is 20.3 Å². The molecule has 2 aliphatic heterocycles. The predicted octanol–water partition coefficient (Wildman–Crippen LogP) is 0.902. The Kier molecular flexibility index (Phi) is 3.91. The van der Waals surface area contributed by atoms with E-state index in [1.54, 1.807) is 7.11 Å². The zero-order valence-electron chi connectivity index (χ0n) is 16.7. The van der Waals surface area contributed by atoms with Crippen LogP contribution in [0.15, 0.2) is 0 Å². The van der Waals surface area contributed by atoms with Gasteiger partial charge in [-0.25, -0.2) is 0 Å². The average molecular weight is 394 g/mol. The van der Waals surface area contributed by atoms with Crippen molar-refractivity contribution in [3.05, 3.63) is 0 Å². The second-order valence-electron chi connectivity index (χ2n) is 10.4. The molecule has 2 saturated heterocycles. The van der Waals surface area contributed by atoms with Crippen LogP contribution >= 0.6 is 0 Å². The molecular formula is C21H30O7. The van der Waals surface area contributed by atoms with Gasteiger partial charge in [0.25, 0.3) is 0 Å². The molecule has 9 atom stereocenters. The summed E-state index contributed by atoms with van der Waals surface area (Å²) in [4.78, 5) is 26.9. The lowest BCUT2D eigenvalue weighted by Crippen LogP contribution is -2.70. The molecule has 156 valence electrons. The summed E-state index contributed by atoms with van der Waals surface area (Å²) in [7, 11) is 1.55. The molecule has 7 heteroatoms. The van der Waals surface area contributed by atoms with Gasteiger partial charge < -0.3 is 24.4 Å². The van der Waals surface area contributed by atoms with Gasteiger partial charge in [-0.15, -0.1) is 0 Å². The third-order valence-corrected chi connectivity index (χ3v) is 8.79. The van der Waals surface area contributed by atoms with Crippen molar-refractivity contribution in [2.45, 2.75) is 58.0 Å². The number of rotatable bonds is 2. The van der Waals surface area contributed by atoms with Gasteiger partial charge in [0.15, 0.2) is 12.1 Å². The van der Waals surface area contributed by atoms with E-state index in [4.69, 9.17) is 14.2 Å². The molecule has 2 N–H and O–H groups in total. The van der Waals surface area contributed by atoms with Crippen LogP contribution in [0.25, 0.3) is 0 Å². The summed E-state index contributed by atoms with van der Waals surface area (Å²) in [5.41, 5.74) is -2.33. The zero-order valence-corrected chi connectivity index (χ0v) is 16.7. The first-order valence-electron chi connectivity index (χ1n) is 10.4. The second-order valence-corrected chi connectivity index (χ2v) is 10.4. The van der Waals surface area contributed by atoms with Gasteiger partial charge >= 0.3 is 5.97 Å². The standard InChI is InChI=1S/C21H30O7/c1-19(2)5-4-13-21(9-27-17(24)15(19)21)14-12(22)6-10-7-20(14,18(25)28-13)16(23)11(10)8-26-3/h10-15,17,22,24H,4-9H2,1-3H3/t10-,11-,12+,13+,14-,15-,17-,20+,21+/m1/s1. The third kappa shape index (κ3) is 1.99. The Morgan fingerprint density at radius 3 is 2.68 bits per heavy atom. The summed E-state index contributed by atoms with van der Waals surface area (Å²) in [6.45, 7) is 4.65. The Bertz CT molecular complexity index is 720.